The fourth-order valence-corrected chi connectivity index (χ4v) is 11.8. The first-order valence-corrected chi connectivity index (χ1v) is 26.8. The van der Waals surface area contributed by atoms with Crippen molar-refractivity contribution in [3.05, 3.63) is 33.4 Å². The van der Waals surface area contributed by atoms with Gasteiger partial charge in [0.05, 0.1) is 32.0 Å². The third-order valence-electron chi connectivity index (χ3n) is 11.5. The average Bonchev–Trinajstić information content (AvgIpc) is 3.83. The molecule has 0 aromatic carbocycles. The first-order valence-electron chi connectivity index (χ1n) is 18.1. The lowest BCUT2D eigenvalue weighted by Gasteiger charge is -2.41. The molecule has 0 bridgehead atoms. The highest BCUT2D eigenvalue weighted by molar-refractivity contribution is 8.46. The van der Waals surface area contributed by atoms with E-state index in [-0.39, 0.29) is 44.3 Å². The Bertz CT molecular complexity index is 2270. The van der Waals surface area contributed by atoms with Crippen molar-refractivity contribution < 1.29 is 37.6 Å². The molecule has 0 amide bonds. The molecule has 2 aliphatic rings. The summed E-state index contributed by atoms with van der Waals surface area (Å²) in [4.78, 5) is 47.1. The van der Waals surface area contributed by atoms with E-state index in [0.29, 0.717) is 0 Å². The number of nitrogens with two attached hydrogens (primary N) is 2. The number of hydrogen-bond donors (Lipinski definition) is 7. The zero-order valence-electron chi connectivity index (χ0n) is 33.1. The van der Waals surface area contributed by atoms with Gasteiger partial charge in [0, 0.05) is 0 Å². The Labute approximate surface area is 329 Å². The minimum atomic E-state index is -4.24. The molecule has 0 radical (unpaired) electrons. The van der Waals surface area contributed by atoms with Crippen LogP contribution in [0.3, 0.4) is 0 Å². The van der Waals surface area contributed by atoms with Crippen molar-refractivity contribution in [3.8, 4) is 0 Å². The molecular weight excluding hydrogens is 804 g/mol. The Morgan fingerprint density at radius 1 is 0.839 bits per heavy atom. The van der Waals surface area contributed by atoms with Crippen LogP contribution in [-0.4, -0.2) is 115 Å². The van der Waals surface area contributed by atoms with E-state index < -0.39 is 96.2 Å². The molecule has 6 heterocycles. The standard InChI is InChI=1S/C32H53N10O10PSSi2/c1-31(2,3)55(7,8)51-20-16(50-27(19(20)44)41-13-35-17-23(41)37-29(33)39-25(17)45)12-48-53(47,54)22-21(52-56(9,10)32(4,5)6)15(11-43)49-28(22)42-14-36-18-24(42)38-30(34)40-26(18)46/h13-16,19-22,27-28,43-44H,11-12H2,1-10H3,(H,47,54)(H3,33,37,39,45)(H3,34,38,40,46)/t15-,16-,19-,20?,21?,22-,27-,28-,53?/m1/s1. The third-order valence-corrected chi connectivity index (χ3v) is 23.4. The highest BCUT2D eigenvalue weighted by Crippen LogP contribution is 2.65. The van der Waals surface area contributed by atoms with Gasteiger partial charge in [-0.3, -0.25) is 33.3 Å². The summed E-state index contributed by atoms with van der Waals surface area (Å²) in [7, 11) is -5.27. The topological polar surface area (TPSA) is 283 Å². The van der Waals surface area contributed by atoms with Crippen molar-refractivity contribution in [2.75, 3.05) is 24.7 Å². The molecule has 2 saturated heterocycles. The normalized spacial score (nSPS) is 27.7. The van der Waals surface area contributed by atoms with Gasteiger partial charge in [0.1, 0.15) is 30.1 Å². The molecule has 4 aromatic rings. The second-order valence-corrected chi connectivity index (χ2v) is 30.6. The van der Waals surface area contributed by atoms with Crippen LogP contribution in [0.5, 0.6) is 0 Å². The average molecular weight is 857 g/mol. The Hall–Kier alpha value is -2.97. The van der Waals surface area contributed by atoms with Gasteiger partial charge in [-0.2, -0.15) is 9.97 Å². The number of ether oxygens (including phenoxy) is 2. The highest BCUT2D eigenvalue weighted by atomic mass is 32.7. The molecule has 3 unspecified atom stereocenters. The molecule has 8 N–H and O–H groups in total. The molecule has 4 aromatic heterocycles. The number of nitrogens with one attached hydrogen (secondary N) is 2. The Balaban J connectivity index is 1.40. The Morgan fingerprint density at radius 2 is 1.29 bits per heavy atom. The number of H-pyrrole nitrogens is 2. The van der Waals surface area contributed by atoms with Crippen LogP contribution < -0.4 is 22.6 Å². The number of thiol groups is 1. The molecule has 0 spiro atoms. The Morgan fingerprint density at radius 3 is 1.75 bits per heavy atom. The number of anilines is 2. The quantitative estimate of drug-likeness (QED) is 0.0649. The van der Waals surface area contributed by atoms with E-state index in [2.05, 4.69) is 29.9 Å². The van der Waals surface area contributed by atoms with Crippen molar-refractivity contribution >= 4 is 69.7 Å². The predicted octanol–water partition coefficient (Wildman–Crippen LogP) is 2.85. The van der Waals surface area contributed by atoms with Gasteiger partial charge in [0.25, 0.3) is 17.7 Å². The first-order chi connectivity index (χ1) is 25.8. The summed E-state index contributed by atoms with van der Waals surface area (Å²) in [6, 6.07) is 0. The van der Waals surface area contributed by atoms with Gasteiger partial charge in [-0.05, 0) is 36.3 Å². The van der Waals surface area contributed by atoms with Crippen molar-refractivity contribution in [3.63, 3.8) is 0 Å². The zero-order valence-corrected chi connectivity index (χ0v) is 36.9. The zero-order chi connectivity index (χ0) is 41.5. The van der Waals surface area contributed by atoms with Gasteiger partial charge in [0.15, 0.2) is 51.4 Å². The van der Waals surface area contributed by atoms with Crippen molar-refractivity contribution in [2.45, 2.75) is 126 Å². The van der Waals surface area contributed by atoms with Crippen LogP contribution in [0.25, 0.3) is 22.3 Å². The van der Waals surface area contributed by atoms with E-state index in [1.807, 2.05) is 67.7 Å². The van der Waals surface area contributed by atoms with Crippen LogP contribution in [0.4, 0.5) is 11.9 Å². The van der Waals surface area contributed by atoms with Crippen LogP contribution in [0.1, 0.15) is 54.0 Å². The van der Waals surface area contributed by atoms with Crippen LogP contribution in [0.15, 0.2) is 22.2 Å². The number of nitrogen functional groups attached to an aromatic ring is 2. The minimum absolute atomic E-state index is 0.0137. The molecule has 9 atom stereocenters. The first kappa shape index (κ1) is 42.6. The van der Waals surface area contributed by atoms with Gasteiger partial charge >= 0.3 is 0 Å². The van der Waals surface area contributed by atoms with Crippen LogP contribution in [0, 0.1) is 0 Å². The third kappa shape index (κ3) is 7.67. The van der Waals surface area contributed by atoms with E-state index in [1.165, 1.54) is 21.8 Å². The number of aromatic amines is 2. The number of nitrogens with zero attached hydrogens (tertiary/aromatic N) is 6. The van der Waals surface area contributed by atoms with E-state index in [0.717, 1.165) is 0 Å². The predicted molar refractivity (Wildman–Crippen MR) is 217 cm³/mol. The van der Waals surface area contributed by atoms with Crippen LogP contribution >= 0.6 is 18.8 Å². The molecule has 6 rings (SSSR count). The maximum absolute atomic E-state index is 15.2. The second-order valence-electron chi connectivity index (χ2n) is 17.4. The molecule has 56 heavy (non-hydrogen) atoms. The monoisotopic (exact) mass is 856 g/mol. The summed E-state index contributed by atoms with van der Waals surface area (Å²) >= 11 is 4.71. The van der Waals surface area contributed by atoms with Gasteiger partial charge in [-0.15, -0.1) is 0 Å². The number of imidazole rings is 2. The lowest BCUT2D eigenvalue weighted by Crippen LogP contribution is -2.50. The van der Waals surface area contributed by atoms with E-state index in [1.54, 1.807) is 0 Å². The summed E-state index contributed by atoms with van der Waals surface area (Å²) in [5.41, 5.74) is 9.48. The van der Waals surface area contributed by atoms with Crippen molar-refractivity contribution in [2.24, 2.45) is 0 Å². The van der Waals surface area contributed by atoms with Crippen molar-refractivity contribution in [1.82, 2.24) is 39.0 Å². The van der Waals surface area contributed by atoms with E-state index in [4.69, 9.17) is 46.6 Å². The summed E-state index contributed by atoms with van der Waals surface area (Å²) in [5.74, 6) is -0.330. The fraction of sp³-hybridized carbons (Fsp3) is 0.688. The summed E-state index contributed by atoms with van der Waals surface area (Å²) < 4.78 is 50.7. The summed E-state index contributed by atoms with van der Waals surface area (Å²) in [6.07, 6.45) is -5.15. The number of aromatic nitrogens is 8. The summed E-state index contributed by atoms with van der Waals surface area (Å²) in [5, 5.41) is 22.0. The molecule has 2 fully saturated rings. The molecular formula is C32H53N10O10PSSi2. The van der Waals surface area contributed by atoms with E-state index in [9.17, 15) is 19.8 Å². The summed E-state index contributed by atoms with van der Waals surface area (Å²) in [6.45, 7) is 15.2. The lowest BCUT2D eigenvalue weighted by molar-refractivity contribution is -0.0472. The molecule has 2 aliphatic heterocycles. The van der Waals surface area contributed by atoms with Gasteiger partial charge in [-0.25, -0.2) is 9.97 Å². The molecule has 24 heteroatoms. The van der Waals surface area contributed by atoms with Crippen LogP contribution in [0.2, 0.25) is 36.3 Å². The van der Waals surface area contributed by atoms with Gasteiger partial charge in [0.2, 0.25) is 11.9 Å². The molecule has 20 nitrogen and oxygen atoms in total. The maximum atomic E-state index is 15.2. The number of rotatable bonds is 11. The number of aliphatic hydroxyl groups is 2. The molecule has 0 aliphatic carbocycles. The lowest BCUT2D eigenvalue weighted by atomic mass is 10.1. The second kappa shape index (κ2) is 14.7. The highest BCUT2D eigenvalue weighted by Gasteiger charge is 2.58. The number of hydrogen-bond acceptors (Lipinski definition) is 16. The van der Waals surface area contributed by atoms with E-state index >= 15 is 4.57 Å². The number of aliphatic hydroxyl groups excluding tert-OH is 2. The fourth-order valence-electron chi connectivity index (χ4n) is 6.38. The largest absolute Gasteiger partial charge is 0.410 e. The SMILES string of the molecule is CC(C)(C)[Si](C)(C)OC1[C@@H](O)[C@H](n2cnc3c(=O)[nH]c(N)nc32)O[C@@H]1COP(=O)(S)[C@@H]1C(O[Si](C)(C)C(C)(C)C)[C@@H](CO)O[C@H]1n1cnc2c(=O)[nH]c(N)nc21. The van der Waals surface area contributed by atoms with Gasteiger partial charge < -0.3 is 44.5 Å². The van der Waals surface area contributed by atoms with Crippen LogP contribution in [-0.2, 0) is 27.4 Å². The van der Waals surface area contributed by atoms with Crippen molar-refractivity contribution in [1.29, 1.82) is 0 Å². The maximum Gasteiger partial charge on any atom is 0.280 e. The minimum Gasteiger partial charge on any atom is -0.410 e. The molecule has 310 valence electrons. The smallest absolute Gasteiger partial charge is 0.280 e. The Kier molecular flexibility index (Phi) is 11.2. The van der Waals surface area contributed by atoms with Gasteiger partial charge in [-0.1, -0.05) is 53.8 Å². The number of fused-ring (bicyclic) bond motifs is 2. The molecule has 0 saturated carbocycles.